The minimum absolute atomic E-state index is 0.149. The van der Waals surface area contributed by atoms with Crippen molar-refractivity contribution in [2.75, 3.05) is 5.32 Å². The van der Waals surface area contributed by atoms with Gasteiger partial charge in [-0.1, -0.05) is 24.3 Å². The Hall–Kier alpha value is -3.93. The summed E-state index contributed by atoms with van der Waals surface area (Å²) in [5.41, 5.74) is 1.80. The molecule has 0 aliphatic heterocycles. The zero-order chi connectivity index (χ0) is 18.8. The van der Waals surface area contributed by atoms with Crippen molar-refractivity contribution in [1.82, 2.24) is 9.38 Å². The molecule has 4 rings (SSSR count). The van der Waals surface area contributed by atoms with Crippen LogP contribution in [0.4, 0.5) is 5.69 Å². The molecule has 2 N–H and O–H groups in total. The third-order valence-electron chi connectivity index (χ3n) is 4.24. The van der Waals surface area contributed by atoms with Gasteiger partial charge in [-0.3, -0.25) is 14.4 Å². The third-order valence-corrected chi connectivity index (χ3v) is 4.24. The van der Waals surface area contributed by atoms with Gasteiger partial charge in [0.2, 0.25) is 0 Å². The van der Waals surface area contributed by atoms with Crippen molar-refractivity contribution in [3.8, 4) is 11.1 Å². The number of aromatic amines is 1. The zero-order valence-electron chi connectivity index (χ0n) is 14.2. The number of nitrogens with zero attached hydrogens (tertiary/aromatic N) is 1. The molecular formula is C21H15N3O3. The molecule has 0 saturated heterocycles. The van der Waals surface area contributed by atoms with Crippen molar-refractivity contribution in [3.05, 3.63) is 95.2 Å². The summed E-state index contributed by atoms with van der Waals surface area (Å²) in [6, 6.07) is 19.2. The van der Waals surface area contributed by atoms with Gasteiger partial charge >= 0.3 is 0 Å². The Balaban J connectivity index is 1.84. The lowest BCUT2D eigenvalue weighted by Gasteiger charge is -2.07. The number of carbonyl (C=O) groups is 2. The van der Waals surface area contributed by atoms with Crippen LogP contribution in [0, 0.1) is 0 Å². The Bertz CT molecular complexity index is 1210. The second kappa shape index (κ2) is 6.76. The standard InChI is InChI=1S/C21H15N3O3/c25-19(21(27)23-14-7-2-1-3-8-14)18-17(16-10-6-11-22-20(16)26)13-15-9-4-5-12-24(15)18/h1-13H,(H,22,26)(H,23,27). The molecule has 0 aliphatic carbocycles. The molecular weight excluding hydrogens is 342 g/mol. The van der Waals surface area contributed by atoms with Crippen LogP contribution in [-0.2, 0) is 4.79 Å². The van der Waals surface area contributed by atoms with E-state index in [2.05, 4.69) is 10.3 Å². The van der Waals surface area contributed by atoms with Crippen molar-refractivity contribution in [2.24, 2.45) is 0 Å². The van der Waals surface area contributed by atoms with Crippen LogP contribution in [0.1, 0.15) is 10.5 Å². The number of anilines is 1. The van der Waals surface area contributed by atoms with Gasteiger partial charge in [0.1, 0.15) is 5.69 Å². The lowest BCUT2D eigenvalue weighted by molar-refractivity contribution is -0.112. The van der Waals surface area contributed by atoms with Crippen molar-refractivity contribution < 1.29 is 9.59 Å². The van der Waals surface area contributed by atoms with Crippen molar-refractivity contribution in [1.29, 1.82) is 0 Å². The SMILES string of the molecule is O=C(Nc1ccccc1)C(=O)c1c(-c2ccc[nH]c2=O)cc2ccccn12. The molecule has 0 bridgehead atoms. The van der Waals surface area contributed by atoms with E-state index in [1.54, 1.807) is 59.1 Å². The number of para-hydroxylation sites is 1. The summed E-state index contributed by atoms with van der Waals surface area (Å²) < 4.78 is 1.62. The van der Waals surface area contributed by atoms with Crippen LogP contribution in [0.3, 0.4) is 0 Å². The number of benzene rings is 1. The highest BCUT2D eigenvalue weighted by Crippen LogP contribution is 2.26. The molecule has 132 valence electrons. The van der Waals surface area contributed by atoms with Gasteiger partial charge in [0.25, 0.3) is 17.2 Å². The smallest absolute Gasteiger partial charge is 0.298 e. The summed E-state index contributed by atoms with van der Waals surface area (Å²) in [6.45, 7) is 0. The molecule has 6 nitrogen and oxygen atoms in total. The van der Waals surface area contributed by atoms with E-state index >= 15 is 0 Å². The fourth-order valence-electron chi connectivity index (χ4n) is 3.01. The number of fused-ring (bicyclic) bond motifs is 1. The number of H-pyrrole nitrogens is 1. The first-order valence-electron chi connectivity index (χ1n) is 8.34. The largest absolute Gasteiger partial charge is 0.329 e. The molecule has 1 amide bonds. The maximum absolute atomic E-state index is 13.0. The molecule has 0 unspecified atom stereocenters. The molecule has 0 radical (unpaired) electrons. The van der Waals surface area contributed by atoms with Crippen molar-refractivity contribution in [2.45, 2.75) is 0 Å². The quantitative estimate of drug-likeness (QED) is 0.435. The molecule has 3 heterocycles. The minimum atomic E-state index is -0.765. The van der Waals surface area contributed by atoms with Crippen LogP contribution < -0.4 is 10.9 Å². The Morgan fingerprint density at radius 2 is 1.67 bits per heavy atom. The first-order chi connectivity index (χ1) is 13.1. The zero-order valence-corrected chi connectivity index (χ0v) is 14.2. The van der Waals surface area contributed by atoms with E-state index in [9.17, 15) is 14.4 Å². The average molecular weight is 357 g/mol. The topological polar surface area (TPSA) is 83.4 Å². The third kappa shape index (κ3) is 3.04. The van der Waals surface area contributed by atoms with Gasteiger partial charge in [-0.25, -0.2) is 0 Å². The number of aromatic nitrogens is 2. The van der Waals surface area contributed by atoms with E-state index in [-0.39, 0.29) is 11.3 Å². The highest BCUT2D eigenvalue weighted by atomic mass is 16.2. The van der Waals surface area contributed by atoms with Crippen LogP contribution >= 0.6 is 0 Å². The number of pyridine rings is 2. The van der Waals surface area contributed by atoms with Gasteiger partial charge in [0.15, 0.2) is 0 Å². The normalized spacial score (nSPS) is 10.7. The first kappa shape index (κ1) is 16.5. The van der Waals surface area contributed by atoms with E-state index in [1.807, 2.05) is 18.2 Å². The monoisotopic (exact) mass is 357 g/mol. The molecule has 0 spiro atoms. The summed E-state index contributed by atoms with van der Waals surface area (Å²) in [5.74, 6) is -1.48. The van der Waals surface area contributed by atoms with Gasteiger partial charge in [-0.2, -0.15) is 0 Å². The van der Waals surface area contributed by atoms with Gasteiger partial charge in [0, 0.05) is 34.7 Å². The number of nitrogens with one attached hydrogen (secondary N) is 2. The van der Waals surface area contributed by atoms with Crippen LogP contribution in [0.15, 0.2) is 83.9 Å². The number of hydrogen-bond donors (Lipinski definition) is 2. The Morgan fingerprint density at radius 3 is 2.44 bits per heavy atom. The number of hydrogen-bond acceptors (Lipinski definition) is 3. The predicted molar refractivity (Wildman–Crippen MR) is 103 cm³/mol. The number of ketones is 1. The molecule has 3 aromatic heterocycles. The van der Waals surface area contributed by atoms with Crippen LogP contribution in [0.5, 0.6) is 0 Å². The van der Waals surface area contributed by atoms with E-state index in [0.29, 0.717) is 22.3 Å². The molecule has 0 aliphatic rings. The number of Topliss-reactive ketones (excluding diaryl/α,β-unsaturated/α-hetero) is 1. The second-order valence-electron chi connectivity index (χ2n) is 5.96. The van der Waals surface area contributed by atoms with Gasteiger partial charge < -0.3 is 14.7 Å². The fraction of sp³-hybridized carbons (Fsp3) is 0. The Kier molecular flexibility index (Phi) is 4.14. The van der Waals surface area contributed by atoms with E-state index in [4.69, 9.17) is 0 Å². The molecule has 1 aromatic carbocycles. The molecule has 27 heavy (non-hydrogen) atoms. The second-order valence-corrected chi connectivity index (χ2v) is 5.96. The summed E-state index contributed by atoms with van der Waals surface area (Å²) in [4.78, 5) is 40.4. The van der Waals surface area contributed by atoms with E-state index in [1.165, 1.54) is 6.20 Å². The number of rotatable bonds is 4. The predicted octanol–water partition coefficient (Wildman–Crippen LogP) is 3.12. The summed E-state index contributed by atoms with van der Waals surface area (Å²) >= 11 is 0. The van der Waals surface area contributed by atoms with Crippen LogP contribution in [0.2, 0.25) is 0 Å². The van der Waals surface area contributed by atoms with Crippen LogP contribution in [0.25, 0.3) is 16.6 Å². The fourth-order valence-corrected chi connectivity index (χ4v) is 3.01. The lowest BCUT2D eigenvalue weighted by atomic mass is 10.1. The first-order valence-corrected chi connectivity index (χ1v) is 8.34. The highest BCUT2D eigenvalue weighted by Gasteiger charge is 2.25. The summed E-state index contributed by atoms with van der Waals surface area (Å²) in [7, 11) is 0. The minimum Gasteiger partial charge on any atom is -0.329 e. The Morgan fingerprint density at radius 1 is 0.889 bits per heavy atom. The average Bonchev–Trinajstić information content (AvgIpc) is 3.07. The van der Waals surface area contributed by atoms with E-state index < -0.39 is 11.7 Å². The lowest BCUT2D eigenvalue weighted by Crippen LogP contribution is -2.25. The molecule has 6 heteroatoms. The van der Waals surface area contributed by atoms with Gasteiger partial charge in [-0.15, -0.1) is 0 Å². The summed E-state index contributed by atoms with van der Waals surface area (Å²) in [5, 5.41) is 2.60. The maximum atomic E-state index is 13.0. The van der Waals surface area contributed by atoms with Crippen LogP contribution in [-0.4, -0.2) is 21.1 Å². The maximum Gasteiger partial charge on any atom is 0.298 e. The van der Waals surface area contributed by atoms with Gasteiger partial charge in [-0.05, 0) is 42.5 Å². The molecule has 0 atom stereocenters. The number of carbonyl (C=O) groups excluding carboxylic acids is 2. The molecule has 0 fully saturated rings. The van der Waals surface area contributed by atoms with Crippen molar-refractivity contribution >= 4 is 22.9 Å². The summed E-state index contributed by atoms with van der Waals surface area (Å²) in [6.07, 6.45) is 3.21. The Labute approximate surface area is 154 Å². The molecule has 4 aromatic rings. The van der Waals surface area contributed by atoms with Gasteiger partial charge in [0.05, 0.1) is 0 Å². The number of amides is 1. The highest BCUT2D eigenvalue weighted by molar-refractivity contribution is 6.47. The molecule has 0 saturated carbocycles. The van der Waals surface area contributed by atoms with E-state index in [0.717, 1.165) is 0 Å². The van der Waals surface area contributed by atoms with Crippen molar-refractivity contribution in [3.63, 3.8) is 0 Å².